The van der Waals surface area contributed by atoms with Gasteiger partial charge in [-0.15, -0.1) is 0 Å². The van der Waals surface area contributed by atoms with Crippen LogP contribution in [0.5, 0.6) is 0 Å². The number of hydrogen-bond acceptors (Lipinski definition) is 3. The van der Waals surface area contributed by atoms with Gasteiger partial charge in [-0.05, 0) is 24.6 Å². The van der Waals surface area contributed by atoms with Gasteiger partial charge in [-0.25, -0.2) is 0 Å². The maximum absolute atomic E-state index is 5.97. The standard InChI is InChI=1S/C15H18ClN3/c1-11(19-6-4-17-5-7-19)12-2-3-13-8-14(16)10-18-15(13)9-12/h2-3,8-11,17H,4-7H2,1H3. The Balaban J connectivity index is 1.89. The van der Waals surface area contributed by atoms with Crippen molar-refractivity contribution in [1.82, 2.24) is 15.2 Å². The highest BCUT2D eigenvalue weighted by molar-refractivity contribution is 6.31. The molecular weight excluding hydrogens is 258 g/mol. The minimum Gasteiger partial charge on any atom is -0.314 e. The summed E-state index contributed by atoms with van der Waals surface area (Å²) in [5.74, 6) is 0. The third kappa shape index (κ3) is 2.73. The second-order valence-electron chi connectivity index (χ2n) is 5.07. The van der Waals surface area contributed by atoms with Crippen LogP contribution in [0.15, 0.2) is 30.5 Å². The predicted molar refractivity (Wildman–Crippen MR) is 79.6 cm³/mol. The van der Waals surface area contributed by atoms with Gasteiger partial charge >= 0.3 is 0 Å². The normalized spacial score (nSPS) is 18.6. The molecule has 0 bridgehead atoms. The quantitative estimate of drug-likeness (QED) is 0.914. The number of pyridine rings is 1. The Morgan fingerprint density at radius 3 is 2.84 bits per heavy atom. The fraction of sp³-hybridized carbons (Fsp3) is 0.400. The van der Waals surface area contributed by atoms with Crippen LogP contribution in [0.3, 0.4) is 0 Å². The fourth-order valence-corrected chi connectivity index (χ4v) is 2.82. The molecule has 0 saturated carbocycles. The highest BCUT2D eigenvalue weighted by Gasteiger charge is 2.18. The molecule has 2 heterocycles. The Morgan fingerprint density at radius 1 is 1.26 bits per heavy atom. The maximum Gasteiger partial charge on any atom is 0.0706 e. The zero-order chi connectivity index (χ0) is 13.2. The molecule has 3 rings (SSSR count). The van der Waals surface area contributed by atoms with Crippen LogP contribution in [0.1, 0.15) is 18.5 Å². The second-order valence-corrected chi connectivity index (χ2v) is 5.50. The van der Waals surface area contributed by atoms with Crippen molar-refractivity contribution in [1.29, 1.82) is 0 Å². The van der Waals surface area contributed by atoms with Gasteiger partial charge in [0.25, 0.3) is 0 Å². The van der Waals surface area contributed by atoms with E-state index in [-0.39, 0.29) is 0 Å². The summed E-state index contributed by atoms with van der Waals surface area (Å²) in [6.07, 6.45) is 1.71. The van der Waals surface area contributed by atoms with Crippen molar-refractivity contribution in [3.05, 3.63) is 41.0 Å². The molecule has 4 heteroatoms. The molecule has 0 radical (unpaired) electrons. The molecule has 1 atom stereocenters. The Bertz CT molecular complexity index is 579. The van der Waals surface area contributed by atoms with E-state index in [1.165, 1.54) is 5.56 Å². The van der Waals surface area contributed by atoms with E-state index < -0.39 is 0 Å². The van der Waals surface area contributed by atoms with E-state index in [9.17, 15) is 0 Å². The molecule has 1 aliphatic rings. The van der Waals surface area contributed by atoms with Gasteiger partial charge in [0.1, 0.15) is 0 Å². The molecule has 1 fully saturated rings. The first-order valence-electron chi connectivity index (χ1n) is 6.74. The van der Waals surface area contributed by atoms with Crippen molar-refractivity contribution in [2.24, 2.45) is 0 Å². The van der Waals surface area contributed by atoms with Crippen LogP contribution < -0.4 is 5.32 Å². The SMILES string of the molecule is CC(c1ccc2cc(Cl)cnc2c1)N1CCNCC1. The molecule has 3 nitrogen and oxygen atoms in total. The molecule has 0 spiro atoms. The largest absolute Gasteiger partial charge is 0.314 e. The summed E-state index contributed by atoms with van der Waals surface area (Å²) >= 11 is 5.97. The van der Waals surface area contributed by atoms with Gasteiger partial charge in [0.05, 0.1) is 10.5 Å². The molecule has 1 N–H and O–H groups in total. The van der Waals surface area contributed by atoms with E-state index in [0.717, 1.165) is 37.1 Å². The first-order valence-corrected chi connectivity index (χ1v) is 7.12. The lowest BCUT2D eigenvalue weighted by Crippen LogP contribution is -2.44. The molecule has 1 saturated heterocycles. The van der Waals surface area contributed by atoms with Gasteiger partial charge < -0.3 is 5.32 Å². The van der Waals surface area contributed by atoms with Crippen LogP contribution in [0.2, 0.25) is 5.02 Å². The van der Waals surface area contributed by atoms with Crippen molar-refractivity contribution in [2.45, 2.75) is 13.0 Å². The summed E-state index contributed by atoms with van der Waals surface area (Å²) in [7, 11) is 0. The van der Waals surface area contributed by atoms with Gasteiger partial charge in [0.2, 0.25) is 0 Å². The van der Waals surface area contributed by atoms with Crippen molar-refractivity contribution >= 4 is 22.5 Å². The van der Waals surface area contributed by atoms with Gasteiger partial charge in [0.15, 0.2) is 0 Å². The number of piperazine rings is 1. The average Bonchev–Trinajstić information content (AvgIpc) is 2.47. The topological polar surface area (TPSA) is 28.2 Å². The highest BCUT2D eigenvalue weighted by Crippen LogP contribution is 2.25. The Morgan fingerprint density at radius 2 is 2.05 bits per heavy atom. The van der Waals surface area contributed by atoms with Crippen LogP contribution in [-0.4, -0.2) is 36.1 Å². The van der Waals surface area contributed by atoms with Crippen LogP contribution in [-0.2, 0) is 0 Å². The highest BCUT2D eigenvalue weighted by atomic mass is 35.5. The zero-order valence-electron chi connectivity index (χ0n) is 11.1. The van der Waals surface area contributed by atoms with Crippen LogP contribution in [0.25, 0.3) is 10.9 Å². The predicted octanol–water partition coefficient (Wildman–Crippen LogP) is 2.85. The summed E-state index contributed by atoms with van der Waals surface area (Å²) in [5, 5.41) is 5.18. The smallest absolute Gasteiger partial charge is 0.0706 e. The zero-order valence-corrected chi connectivity index (χ0v) is 11.8. The van der Waals surface area contributed by atoms with E-state index in [1.54, 1.807) is 6.20 Å². The molecule has 1 unspecified atom stereocenters. The number of benzene rings is 1. The summed E-state index contributed by atoms with van der Waals surface area (Å²) < 4.78 is 0. The number of halogens is 1. The fourth-order valence-electron chi connectivity index (χ4n) is 2.65. The summed E-state index contributed by atoms with van der Waals surface area (Å²) in [5.41, 5.74) is 2.34. The first-order chi connectivity index (χ1) is 9.24. The van der Waals surface area contributed by atoms with E-state index >= 15 is 0 Å². The molecule has 1 aliphatic heterocycles. The Hall–Kier alpha value is -1.16. The lowest BCUT2D eigenvalue weighted by molar-refractivity contribution is 0.185. The Kier molecular flexibility index (Phi) is 3.69. The Labute approximate surface area is 118 Å². The maximum atomic E-state index is 5.97. The number of aromatic nitrogens is 1. The minimum atomic E-state index is 0.434. The molecule has 0 aliphatic carbocycles. The van der Waals surface area contributed by atoms with E-state index in [1.807, 2.05) is 6.07 Å². The molecule has 19 heavy (non-hydrogen) atoms. The molecule has 100 valence electrons. The van der Waals surface area contributed by atoms with E-state index in [4.69, 9.17) is 11.6 Å². The van der Waals surface area contributed by atoms with Crippen molar-refractivity contribution in [3.63, 3.8) is 0 Å². The summed E-state index contributed by atoms with van der Waals surface area (Å²) in [6.45, 7) is 6.63. The average molecular weight is 276 g/mol. The van der Waals surface area contributed by atoms with Gasteiger partial charge in [-0.3, -0.25) is 9.88 Å². The molecule has 1 aromatic heterocycles. The molecule has 1 aromatic carbocycles. The number of hydrogen-bond donors (Lipinski definition) is 1. The van der Waals surface area contributed by atoms with Crippen molar-refractivity contribution in [2.75, 3.05) is 26.2 Å². The summed E-state index contributed by atoms with van der Waals surface area (Å²) in [6, 6.07) is 8.88. The number of nitrogens with zero attached hydrogens (tertiary/aromatic N) is 2. The summed E-state index contributed by atoms with van der Waals surface area (Å²) in [4.78, 5) is 6.91. The molecular formula is C15H18ClN3. The molecule has 0 amide bonds. The molecule has 2 aromatic rings. The van der Waals surface area contributed by atoms with Crippen molar-refractivity contribution < 1.29 is 0 Å². The number of fused-ring (bicyclic) bond motifs is 1. The minimum absolute atomic E-state index is 0.434. The van der Waals surface area contributed by atoms with Crippen LogP contribution in [0.4, 0.5) is 0 Å². The van der Waals surface area contributed by atoms with E-state index in [2.05, 4.69) is 40.3 Å². The van der Waals surface area contributed by atoms with E-state index in [0.29, 0.717) is 11.1 Å². The van der Waals surface area contributed by atoms with Gasteiger partial charge in [0, 0.05) is 43.8 Å². The first kappa shape index (κ1) is 12.9. The monoisotopic (exact) mass is 275 g/mol. The third-order valence-corrected chi connectivity index (χ3v) is 4.06. The van der Waals surface area contributed by atoms with Crippen molar-refractivity contribution in [3.8, 4) is 0 Å². The lowest BCUT2D eigenvalue weighted by Gasteiger charge is -2.33. The van der Waals surface area contributed by atoms with Crippen LogP contribution in [0, 0.1) is 0 Å². The second kappa shape index (κ2) is 5.45. The van der Waals surface area contributed by atoms with Gasteiger partial charge in [-0.1, -0.05) is 23.7 Å². The lowest BCUT2D eigenvalue weighted by atomic mass is 10.0. The number of rotatable bonds is 2. The van der Waals surface area contributed by atoms with Crippen LogP contribution >= 0.6 is 11.6 Å². The van der Waals surface area contributed by atoms with Gasteiger partial charge in [-0.2, -0.15) is 0 Å². The third-order valence-electron chi connectivity index (χ3n) is 3.86. The number of nitrogens with one attached hydrogen (secondary N) is 1.